The van der Waals surface area contributed by atoms with Crippen LogP contribution in [-0.2, 0) is 4.79 Å². The Kier molecular flexibility index (Phi) is 4.57. The molecule has 0 heterocycles. The summed E-state index contributed by atoms with van der Waals surface area (Å²) in [6.45, 7) is 2.80. The molecular weight excluding hydrogens is 186 g/mol. The number of hydrogen-bond donors (Lipinski definition) is 1. The quantitative estimate of drug-likeness (QED) is 0.520. The van der Waals surface area contributed by atoms with Gasteiger partial charge in [-0.2, -0.15) is 0 Å². The zero-order chi connectivity index (χ0) is 9.68. The molecule has 0 aromatic rings. The topological polar surface area (TPSA) is 29.1 Å². The van der Waals surface area contributed by atoms with Gasteiger partial charge in [0.05, 0.1) is 0 Å². The Labute approximate surface area is 85.0 Å². The molecule has 3 heteroatoms. The first-order valence-electron chi connectivity index (χ1n) is 5.09. The van der Waals surface area contributed by atoms with E-state index in [1.165, 1.54) is 12.8 Å². The molecule has 0 saturated heterocycles. The largest absolute Gasteiger partial charge is 0.356 e. The van der Waals surface area contributed by atoms with Crippen molar-refractivity contribution in [1.29, 1.82) is 0 Å². The number of nitrogens with one attached hydrogen (secondary N) is 1. The highest BCUT2D eigenvalue weighted by molar-refractivity contribution is 6.17. The normalized spacial score (nSPS) is 18.3. The van der Waals surface area contributed by atoms with Gasteiger partial charge in [-0.25, -0.2) is 0 Å². The summed E-state index contributed by atoms with van der Waals surface area (Å²) in [5.74, 6) is 1.79. The summed E-state index contributed by atoms with van der Waals surface area (Å²) in [5.41, 5.74) is 0. The van der Waals surface area contributed by atoms with Crippen molar-refractivity contribution in [2.75, 3.05) is 12.4 Å². The van der Waals surface area contributed by atoms with E-state index >= 15 is 0 Å². The van der Waals surface area contributed by atoms with Crippen LogP contribution in [0.5, 0.6) is 0 Å². The van der Waals surface area contributed by atoms with Crippen molar-refractivity contribution < 1.29 is 4.79 Å². The predicted molar refractivity (Wildman–Crippen MR) is 54.9 cm³/mol. The fraction of sp³-hybridized carbons (Fsp3) is 0.900. The molecule has 1 fully saturated rings. The minimum atomic E-state index is 0.219. The van der Waals surface area contributed by atoms with Crippen LogP contribution in [0.2, 0.25) is 0 Å². The molecule has 2 nitrogen and oxygen atoms in total. The second-order valence-electron chi connectivity index (χ2n) is 3.81. The highest BCUT2D eigenvalue weighted by atomic mass is 35.5. The lowest BCUT2D eigenvalue weighted by Crippen LogP contribution is -2.30. The van der Waals surface area contributed by atoms with E-state index < -0.39 is 0 Å². The van der Waals surface area contributed by atoms with Crippen molar-refractivity contribution in [1.82, 2.24) is 5.32 Å². The summed E-state index contributed by atoms with van der Waals surface area (Å²) in [6, 6.07) is 0. The van der Waals surface area contributed by atoms with Gasteiger partial charge in [-0.15, -0.1) is 11.6 Å². The van der Waals surface area contributed by atoms with Crippen molar-refractivity contribution in [2.45, 2.75) is 32.6 Å². The van der Waals surface area contributed by atoms with Crippen LogP contribution < -0.4 is 5.32 Å². The summed E-state index contributed by atoms with van der Waals surface area (Å²) in [7, 11) is 0. The number of hydrogen-bond acceptors (Lipinski definition) is 1. The number of carbonyl (C=O) groups excluding carboxylic acids is 1. The minimum absolute atomic E-state index is 0.219. The molecule has 1 rings (SSSR count). The van der Waals surface area contributed by atoms with Crippen LogP contribution in [0.25, 0.3) is 0 Å². The van der Waals surface area contributed by atoms with Crippen LogP contribution in [0.1, 0.15) is 32.6 Å². The van der Waals surface area contributed by atoms with E-state index in [1.807, 2.05) is 6.92 Å². The molecule has 1 amide bonds. The van der Waals surface area contributed by atoms with E-state index in [4.69, 9.17) is 11.6 Å². The second-order valence-corrected chi connectivity index (χ2v) is 4.19. The highest BCUT2D eigenvalue weighted by Gasteiger charge is 2.32. The van der Waals surface area contributed by atoms with E-state index in [2.05, 4.69) is 5.32 Å². The van der Waals surface area contributed by atoms with Crippen LogP contribution in [0, 0.1) is 11.8 Å². The zero-order valence-corrected chi connectivity index (χ0v) is 8.94. The van der Waals surface area contributed by atoms with E-state index in [9.17, 15) is 4.79 Å². The first-order chi connectivity index (χ1) is 6.25. The summed E-state index contributed by atoms with van der Waals surface area (Å²) < 4.78 is 0. The van der Waals surface area contributed by atoms with Crippen LogP contribution in [0.3, 0.4) is 0 Å². The van der Waals surface area contributed by atoms with Crippen molar-refractivity contribution in [2.24, 2.45) is 11.8 Å². The van der Waals surface area contributed by atoms with E-state index in [0.29, 0.717) is 11.8 Å². The fourth-order valence-electron chi connectivity index (χ4n) is 1.40. The summed E-state index contributed by atoms with van der Waals surface area (Å²) >= 11 is 5.53. The van der Waals surface area contributed by atoms with E-state index in [-0.39, 0.29) is 11.8 Å². The standard InChI is InChI=1S/C10H18ClNO/c1-8(9-4-5-9)10(13)12-7-3-2-6-11/h8-9H,2-7H2,1H3,(H,12,13). The Morgan fingerprint density at radius 1 is 1.54 bits per heavy atom. The van der Waals surface area contributed by atoms with Crippen LogP contribution in [-0.4, -0.2) is 18.3 Å². The molecule has 76 valence electrons. The first-order valence-corrected chi connectivity index (χ1v) is 5.63. The number of halogens is 1. The molecule has 1 N–H and O–H groups in total. The average molecular weight is 204 g/mol. The van der Waals surface area contributed by atoms with Gasteiger partial charge < -0.3 is 5.32 Å². The summed E-state index contributed by atoms with van der Waals surface area (Å²) in [4.78, 5) is 11.4. The van der Waals surface area contributed by atoms with E-state index in [1.54, 1.807) is 0 Å². The van der Waals surface area contributed by atoms with Gasteiger partial charge in [0, 0.05) is 18.3 Å². The number of alkyl halides is 1. The average Bonchev–Trinajstić information content (AvgIpc) is 2.94. The Hall–Kier alpha value is -0.240. The summed E-state index contributed by atoms with van der Waals surface area (Å²) in [6.07, 6.45) is 4.44. The van der Waals surface area contributed by atoms with Crippen molar-refractivity contribution in [3.8, 4) is 0 Å². The monoisotopic (exact) mass is 203 g/mol. The predicted octanol–water partition coefficient (Wildman–Crippen LogP) is 2.17. The van der Waals surface area contributed by atoms with Crippen LogP contribution in [0.15, 0.2) is 0 Å². The molecule has 0 aromatic carbocycles. The molecule has 1 saturated carbocycles. The molecule has 1 aliphatic rings. The SMILES string of the molecule is CC(C(=O)NCCCCCl)C1CC1. The number of rotatable bonds is 6. The zero-order valence-electron chi connectivity index (χ0n) is 8.18. The van der Waals surface area contributed by atoms with Gasteiger partial charge in [-0.1, -0.05) is 6.92 Å². The third kappa shape index (κ3) is 3.99. The molecule has 1 unspecified atom stereocenters. The molecule has 0 aliphatic heterocycles. The van der Waals surface area contributed by atoms with Gasteiger partial charge in [0.25, 0.3) is 0 Å². The third-order valence-electron chi connectivity index (χ3n) is 2.60. The van der Waals surface area contributed by atoms with Gasteiger partial charge in [0.1, 0.15) is 0 Å². The second kappa shape index (κ2) is 5.48. The minimum Gasteiger partial charge on any atom is -0.356 e. The van der Waals surface area contributed by atoms with Gasteiger partial charge in [0.2, 0.25) is 5.91 Å². The van der Waals surface area contributed by atoms with Crippen LogP contribution in [0.4, 0.5) is 0 Å². The number of unbranched alkanes of at least 4 members (excludes halogenated alkanes) is 1. The van der Waals surface area contributed by atoms with Gasteiger partial charge in [-0.3, -0.25) is 4.79 Å². The number of amides is 1. The highest BCUT2D eigenvalue weighted by Crippen LogP contribution is 2.36. The first kappa shape index (κ1) is 10.8. The van der Waals surface area contributed by atoms with Gasteiger partial charge in [0.15, 0.2) is 0 Å². The van der Waals surface area contributed by atoms with E-state index in [0.717, 1.165) is 19.4 Å². The lowest BCUT2D eigenvalue weighted by Gasteiger charge is -2.10. The maximum absolute atomic E-state index is 11.4. The summed E-state index contributed by atoms with van der Waals surface area (Å²) in [5, 5.41) is 2.94. The Morgan fingerprint density at radius 2 is 2.23 bits per heavy atom. The maximum atomic E-state index is 11.4. The lowest BCUT2D eigenvalue weighted by atomic mass is 10.1. The molecule has 0 spiro atoms. The smallest absolute Gasteiger partial charge is 0.223 e. The molecule has 0 bridgehead atoms. The maximum Gasteiger partial charge on any atom is 0.223 e. The third-order valence-corrected chi connectivity index (χ3v) is 2.87. The van der Waals surface area contributed by atoms with Crippen molar-refractivity contribution in [3.63, 3.8) is 0 Å². The molecule has 13 heavy (non-hydrogen) atoms. The fourth-order valence-corrected chi connectivity index (χ4v) is 1.59. The molecule has 1 aliphatic carbocycles. The van der Waals surface area contributed by atoms with Gasteiger partial charge in [-0.05, 0) is 31.6 Å². The Morgan fingerprint density at radius 3 is 2.77 bits per heavy atom. The van der Waals surface area contributed by atoms with Crippen molar-refractivity contribution >= 4 is 17.5 Å². The van der Waals surface area contributed by atoms with Crippen molar-refractivity contribution in [3.05, 3.63) is 0 Å². The Bertz CT molecular complexity index is 168. The molecule has 1 atom stereocenters. The molecular formula is C10H18ClNO. The lowest BCUT2D eigenvalue weighted by molar-refractivity contribution is -0.125. The number of carbonyl (C=O) groups is 1. The molecule has 0 aromatic heterocycles. The molecule has 0 radical (unpaired) electrons. The van der Waals surface area contributed by atoms with Crippen LogP contribution >= 0.6 is 11.6 Å². The Balaban J connectivity index is 2.02. The van der Waals surface area contributed by atoms with Gasteiger partial charge >= 0.3 is 0 Å².